The molecule has 0 bridgehead atoms. The summed E-state index contributed by atoms with van der Waals surface area (Å²) in [5, 5.41) is 35.1. The maximum absolute atomic E-state index is 12.6. The van der Waals surface area contributed by atoms with E-state index >= 15 is 0 Å². The van der Waals surface area contributed by atoms with Gasteiger partial charge in [-0.2, -0.15) is 0 Å². The van der Waals surface area contributed by atoms with E-state index in [0.29, 0.717) is 127 Å². The largest absolute Gasteiger partial charge is 0.444 e. The van der Waals surface area contributed by atoms with Gasteiger partial charge in [-0.15, -0.1) is 0 Å². The van der Waals surface area contributed by atoms with Crippen LogP contribution in [-0.2, 0) is 33.4 Å². The highest BCUT2D eigenvalue weighted by molar-refractivity contribution is 7.21. The quantitative estimate of drug-likeness (QED) is 0.0214. The molecule has 5 aromatic carbocycles. The third kappa shape index (κ3) is 32.5. The van der Waals surface area contributed by atoms with Crippen LogP contribution in [0.25, 0.3) is 0 Å². The van der Waals surface area contributed by atoms with Gasteiger partial charge in [0.2, 0.25) is 29.5 Å². The fraction of sp³-hybridized carbons (Fsp3) is 0.312. The number of thiazole rings is 5. The Morgan fingerprint density at radius 1 is 0.377 bits per heavy atom. The van der Waals surface area contributed by atoms with E-state index in [4.69, 9.17) is 9.47 Å². The Morgan fingerprint density at radius 2 is 0.630 bits per heavy atom. The number of hydrogen-bond donors (Lipinski definition) is 10. The lowest BCUT2D eigenvalue weighted by molar-refractivity contribution is -0.112. The number of ether oxygens (including phenoxy) is 2. The van der Waals surface area contributed by atoms with Gasteiger partial charge in [0.1, 0.15) is 30.6 Å². The van der Waals surface area contributed by atoms with Gasteiger partial charge in [-0.3, -0.25) is 74.5 Å². The molecule has 15 rings (SSSR count). The minimum Gasteiger partial charge on any atom is -0.444 e. The molecular weight excluding hydrogens is 1860 g/mol. The molecule has 5 aromatic heterocycles. The van der Waals surface area contributed by atoms with Crippen molar-refractivity contribution in [2.24, 2.45) is 0 Å². The van der Waals surface area contributed by atoms with Gasteiger partial charge < -0.3 is 80.2 Å². The second-order valence-corrected chi connectivity index (χ2v) is 37.7. The monoisotopic (exact) mass is 1970 g/mol. The number of rotatable bonds is 27. The maximum Gasteiger partial charge on any atom is 0.410 e. The molecule has 5 aliphatic heterocycles. The summed E-state index contributed by atoms with van der Waals surface area (Å²) in [5.41, 5.74) is 4.33. The number of piperazine rings is 3. The van der Waals surface area contributed by atoms with E-state index in [1.54, 1.807) is 145 Å². The third-order valence-corrected chi connectivity index (χ3v) is 26.3. The zero-order valence-electron chi connectivity index (χ0n) is 77.9. The standard InChI is InChI=1S/C22H27N5O4S.C20H25N5O2S.C19H23N5O2S.C18H21N5O2S.C17H18N4O3S/c1-5-17(28)24-16-8-6-7-15(13-16)19(29)25-20-23-14-18(32-20)26-9-11-27(12-10-26)21(30)31-22(2,3)4;1-4-17(26)22-15-7-5-6-14(12-15)19(27)23-20-21-13-18(28-20)25-10-8-16(9-11-25)24(2)3;1-3-16(25)21-15-7-5-6-14(12-15)18(26)22-19-20-13-17(27-19)24-10-8-23(4-2)9-11-24;1-3-15(24)20-14-6-4-5-13(11-14)17(25)21-18-19-12-16(26-18)23-9-7-22(2)8-10-23;1-2-14(22)19-13-5-3-4-12(10-13)16(23)20-17-18-11-15(25-17)21-6-8-24-9-7-21/h5-8,13-14H,1,9-12H2,2-4H3,(H,24,28)(H,23,25,29);4-7,12-13,16H,1,8-11H2,2-3H3,(H,22,26)(H,21,23,27);3,5-7,12-13H,1,4,8-11H2,2H3,(H,21,25)(H,20,22,26);3-6,11-12H,1,7-10H2,2H3,(H,20,24)(H,19,21,25);2-5,10-11H,1,6-9H2,(H,19,22)(H,18,20,23). The van der Waals surface area contributed by atoms with Crippen LogP contribution in [-0.4, -0.2) is 267 Å². The van der Waals surface area contributed by atoms with Gasteiger partial charge in [0.05, 0.1) is 44.2 Å². The average molecular weight is 1970 g/mol. The van der Waals surface area contributed by atoms with Crippen molar-refractivity contribution in [2.75, 3.05) is 223 Å². The van der Waals surface area contributed by atoms with Crippen molar-refractivity contribution in [1.82, 2.24) is 44.5 Å². The van der Waals surface area contributed by atoms with Gasteiger partial charge in [-0.25, -0.2) is 29.7 Å². The lowest BCUT2D eigenvalue weighted by atomic mass is 10.0. The minimum atomic E-state index is -0.518. The molecule has 0 unspecified atom stereocenters. The van der Waals surface area contributed by atoms with Crippen LogP contribution in [0.2, 0.25) is 0 Å². The molecule has 11 amide bonds. The Balaban J connectivity index is 0.000000166. The Bertz CT molecular complexity index is 5930. The average Bonchev–Trinajstić information content (AvgIpc) is 1.34. The number of hydrogen-bond acceptors (Lipinski definition) is 31. The number of aromatic nitrogens is 5. The Labute approximate surface area is 821 Å². The van der Waals surface area contributed by atoms with Crippen LogP contribution in [0.15, 0.2) is 216 Å². The highest BCUT2D eigenvalue weighted by Crippen LogP contribution is 2.35. The molecule has 10 heterocycles. The van der Waals surface area contributed by atoms with Crippen molar-refractivity contribution < 1.29 is 62.2 Å². The van der Waals surface area contributed by atoms with Gasteiger partial charge in [0.25, 0.3) is 29.5 Å². The predicted octanol–water partition coefficient (Wildman–Crippen LogP) is 13.9. The summed E-state index contributed by atoms with van der Waals surface area (Å²) in [4.78, 5) is 173. The lowest BCUT2D eigenvalue weighted by Gasteiger charge is -2.35. The molecule has 5 fully saturated rings. The van der Waals surface area contributed by atoms with E-state index in [-0.39, 0.29) is 65.2 Å². The molecule has 10 aromatic rings. The zero-order chi connectivity index (χ0) is 98.8. The van der Waals surface area contributed by atoms with Crippen molar-refractivity contribution in [3.05, 3.63) is 243 Å². The first-order valence-electron chi connectivity index (χ1n) is 44.3. The summed E-state index contributed by atoms with van der Waals surface area (Å²) < 4.78 is 10.8. The molecule has 0 aliphatic carbocycles. The molecule has 37 nitrogen and oxygen atoms in total. The van der Waals surface area contributed by atoms with Crippen LogP contribution < -0.4 is 77.7 Å². The van der Waals surface area contributed by atoms with E-state index in [9.17, 15) is 52.7 Å². The smallest absolute Gasteiger partial charge is 0.410 e. The van der Waals surface area contributed by atoms with Crippen molar-refractivity contribution in [2.45, 2.75) is 52.2 Å². The SMILES string of the molecule is C=CC(=O)Nc1cccc(C(=O)Nc2ncc(N3CCC(N(C)C)CC3)s2)c1.C=CC(=O)Nc1cccc(C(=O)Nc2ncc(N3CCN(C(=O)OC(C)(C)C)CC3)s2)c1.C=CC(=O)Nc1cccc(C(=O)Nc2ncc(N3CCN(C)CC3)s2)c1.C=CC(=O)Nc1cccc(C(=O)Nc2ncc(N3CCN(CC)CC3)s2)c1.C=CC(=O)Nc1cccc(C(=O)Nc2ncc(N3CCOCC3)s2)c1. The van der Waals surface area contributed by atoms with Crippen LogP contribution in [0.3, 0.4) is 0 Å². The molecule has 0 radical (unpaired) electrons. The number of likely N-dealkylation sites (N-methyl/N-ethyl adjacent to an activating group) is 2. The molecule has 0 spiro atoms. The lowest BCUT2D eigenvalue weighted by Crippen LogP contribution is -2.49. The summed E-state index contributed by atoms with van der Waals surface area (Å²) in [6.07, 6.45) is 16.7. The number of morpholine rings is 1. The van der Waals surface area contributed by atoms with E-state index < -0.39 is 5.60 Å². The predicted molar refractivity (Wildman–Crippen MR) is 553 cm³/mol. The van der Waals surface area contributed by atoms with Gasteiger partial charge in [-0.05, 0) is 183 Å². The van der Waals surface area contributed by atoms with Crippen LogP contribution in [0.5, 0.6) is 0 Å². The molecule has 138 heavy (non-hydrogen) atoms. The third-order valence-electron chi connectivity index (χ3n) is 21.5. The van der Waals surface area contributed by atoms with Crippen molar-refractivity contribution in [3.8, 4) is 0 Å². The summed E-state index contributed by atoms with van der Waals surface area (Å²) >= 11 is 7.20. The summed E-state index contributed by atoms with van der Waals surface area (Å²) in [5.74, 6) is -3.03. The van der Waals surface area contributed by atoms with Gasteiger partial charge in [0.15, 0.2) is 25.7 Å². The molecule has 5 aliphatic rings. The molecule has 0 atom stereocenters. The van der Waals surface area contributed by atoms with Crippen LogP contribution >= 0.6 is 56.7 Å². The minimum absolute atomic E-state index is 0.262. The highest BCUT2D eigenvalue weighted by atomic mass is 32.1. The normalized spacial score (nSPS) is 14.4. The summed E-state index contributed by atoms with van der Waals surface area (Å²) in [7, 11) is 6.36. The molecule has 0 saturated carbocycles. The second kappa shape index (κ2) is 51.6. The van der Waals surface area contributed by atoms with E-state index in [0.717, 1.165) is 129 Å². The number of nitrogens with zero attached hydrogens (tertiary/aromatic N) is 14. The van der Waals surface area contributed by atoms with Crippen molar-refractivity contribution in [1.29, 1.82) is 0 Å². The number of amides is 11. The first kappa shape index (κ1) is 104. The zero-order valence-corrected chi connectivity index (χ0v) is 82.0. The molecule has 42 heteroatoms. The van der Waals surface area contributed by atoms with Crippen LogP contribution in [0, 0.1) is 0 Å². The van der Waals surface area contributed by atoms with Crippen molar-refractivity contribution >= 4 is 201 Å². The fourth-order valence-electron chi connectivity index (χ4n) is 14.0. The fourth-order valence-corrected chi connectivity index (χ4v) is 18.3. The topological polar surface area (TPSA) is 420 Å². The maximum atomic E-state index is 12.6. The number of piperidine rings is 1. The highest BCUT2D eigenvalue weighted by Gasteiger charge is 2.30. The van der Waals surface area contributed by atoms with Gasteiger partial charge >= 0.3 is 6.09 Å². The Morgan fingerprint density at radius 3 is 0.884 bits per heavy atom. The molecule has 10 N–H and O–H groups in total. The van der Waals surface area contributed by atoms with E-state index in [2.05, 4.69) is 178 Å². The van der Waals surface area contributed by atoms with Crippen molar-refractivity contribution in [3.63, 3.8) is 0 Å². The van der Waals surface area contributed by atoms with Crippen LogP contribution in [0.1, 0.15) is 92.3 Å². The van der Waals surface area contributed by atoms with Crippen LogP contribution in [0.4, 0.5) is 83.9 Å². The molecule has 5 saturated heterocycles. The van der Waals surface area contributed by atoms with Gasteiger partial charge in [0, 0.05) is 167 Å². The number of benzene rings is 5. The first-order chi connectivity index (χ1) is 66.4. The van der Waals surface area contributed by atoms with E-state index in [1.807, 2.05) is 33.2 Å². The Kier molecular flexibility index (Phi) is 39.0. The summed E-state index contributed by atoms with van der Waals surface area (Å²) in [6.45, 7) is 41.2. The first-order valence-corrected chi connectivity index (χ1v) is 48.4. The summed E-state index contributed by atoms with van der Waals surface area (Å²) in [6, 6.07) is 34.2. The molecular formula is C96H114N24O13S5. The number of nitrogens with one attached hydrogen (secondary N) is 10. The Hall–Kier alpha value is -14.2. The number of carbonyl (C=O) groups is 11. The number of carbonyl (C=O) groups excluding carboxylic acids is 11. The number of anilines is 15. The second-order valence-electron chi connectivity index (χ2n) is 32.6. The van der Waals surface area contributed by atoms with E-state index in [1.165, 1.54) is 81.0 Å². The molecule has 726 valence electrons. The van der Waals surface area contributed by atoms with Gasteiger partial charge in [-0.1, -0.05) is 127 Å².